The van der Waals surface area contributed by atoms with Crippen molar-refractivity contribution in [3.8, 4) is 23.0 Å². The van der Waals surface area contributed by atoms with E-state index in [0.29, 0.717) is 83.1 Å². The van der Waals surface area contributed by atoms with Crippen molar-refractivity contribution >= 4 is 103 Å². The lowest BCUT2D eigenvalue weighted by atomic mass is 10.0. The molecule has 4 aliphatic heterocycles. The van der Waals surface area contributed by atoms with Crippen LogP contribution in [0.15, 0.2) is 60.7 Å². The zero-order chi connectivity index (χ0) is 74.7. The van der Waals surface area contributed by atoms with E-state index in [0.717, 1.165) is 102 Å². The molecule has 2 aromatic carbocycles. The maximum Gasteiger partial charge on any atom is 0.408 e. The van der Waals surface area contributed by atoms with Gasteiger partial charge >= 0.3 is 30.3 Å². The molecular weight excluding hydrogens is 1420 g/mol. The second kappa shape index (κ2) is 34.2. The second-order valence-corrected chi connectivity index (χ2v) is 29.0. The Bertz CT molecular complexity index is 4110. The highest BCUT2D eigenvalue weighted by molar-refractivity contribution is 9.09. The smallest absolute Gasteiger partial charge is 0.408 e. The first kappa shape index (κ1) is 76.6. The SMILES string of the molecule is COC(=O)[C@@]12CC1/C=C\CCCCC[C@H](NC(=O)OC1CCCC1)C(=O)N1C[C@H](Oc3cc(C(=O)C=[N+]=[N-])nc4c(C)c(OC)ccc34)C[C@H]1C(=O)N2.COC(=O)[C@@]12CC1/C=C\CCCCC[C@H](NC(=O)OC1CCCC1)C(=O)N1C[C@H](Oc3cc(C(=O)CBr)nc4c(C)c(OC)ccc34)C[C@H]1C(=O)N2. The number of rotatable bonds is 16. The minimum Gasteiger partial charge on any atom is -0.496 e. The van der Waals surface area contributed by atoms with Gasteiger partial charge in [0.15, 0.2) is 5.78 Å². The van der Waals surface area contributed by atoms with Crippen LogP contribution in [0.5, 0.6) is 23.0 Å². The van der Waals surface area contributed by atoms with Crippen LogP contribution in [0.1, 0.15) is 173 Å². The van der Waals surface area contributed by atoms with Gasteiger partial charge in [-0.05, 0) is 141 Å². The number of halogens is 1. The fourth-order valence-electron chi connectivity index (χ4n) is 15.5. The number of carbonyl (C=O) groups excluding carboxylic acids is 10. The molecule has 8 aliphatic rings. The van der Waals surface area contributed by atoms with Crippen molar-refractivity contribution in [3.63, 3.8) is 0 Å². The fourth-order valence-corrected chi connectivity index (χ4v) is 15.8. The highest BCUT2D eigenvalue weighted by Gasteiger charge is 2.63. The van der Waals surface area contributed by atoms with Gasteiger partial charge in [0.05, 0.1) is 57.9 Å². The number of carbonyl (C=O) groups is 10. The fraction of sp³-hybridized carbons (Fsp3) is 0.566. The zero-order valence-corrected chi connectivity index (χ0v) is 61.8. The Kier molecular flexibility index (Phi) is 24.9. The number of nitrogens with one attached hydrogen (secondary N) is 4. The molecule has 4 saturated carbocycles. The average Bonchev–Trinajstić information content (AvgIpc) is 1.66. The van der Waals surface area contributed by atoms with Crippen LogP contribution in [0.3, 0.4) is 0 Å². The number of amides is 6. The Morgan fingerprint density at radius 2 is 1.00 bits per heavy atom. The van der Waals surface area contributed by atoms with Gasteiger partial charge in [0.1, 0.15) is 94.0 Å². The van der Waals surface area contributed by atoms with E-state index in [-0.39, 0.29) is 78.2 Å². The molecule has 0 radical (unpaired) electrons. The molecule has 28 nitrogen and oxygen atoms in total. The number of Topliss-reactive ketones (excluding diaryl/α,β-unsaturated/α-hetero) is 2. The average molecular weight is 1510 g/mol. The molecule has 2 unspecified atom stereocenters. The van der Waals surface area contributed by atoms with Crippen molar-refractivity contribution in [2.24, 2.45) is 11.8 Å². The summed E-state index contributed by atoms with van der Waals surface area (Å²) in [4.78, 5) is 150. The number of aryl methyl sites for hydroxylation is 2. The Labute approximate surface area is 617 Å². The Hall–Kier alpha value is -9.50. The third-order valence-corrected chi connectivity index (χ3v) is 22.0. The van der Waals surface area contributed by atoms with Gasteiger partial charge in [-0.15, -0.1) is 0 Å². The Morgan fingerprint density at radius 3 is 1.41 bits per heavy atom. The monoisotopic (exact) mass is 1510 g/mol. The van der Waals surface area contributed by atoms with Crippen LogP contribution in [0.25, 0.3) is 27.3 Å². The van der Waals surface area contributed by atoms with E-state index in [4.69, 9.17) is 43.4 Å². The molecule has 0 bridgehead atoms. The maximum atomic E-state index is 14.5. The number of ketones is 2. The molecule has 6 amide bonds. The van der Waals surface area contributed by atoms with E-state index in [1.54, 1.807) is 44.4 Å². The van der Waals surface area contributed by atoms with E-state index < -0.39 is 101 Å². The summed E-state index contributed by atoms with van der Waals surface area (Å²) in [7, 11) is 5.64. The molecule has 2 aromatic heterocycles. The summed E-state index contributed by atoms with van der Waals surface area (Å²) < 4.78 is 45.7. The van der Waals surface area contributed by atoms with Crippen molar-refractivity contribution in [1.29, 1.82) is 0 Å². The molecule has 2 saturated heterocycles. The quantitative estimate of drug-likeness (QED) is 0.0119. The highest BCUT2D eigenvalue weighted by Crippen LogP contribution is 2.48. The summed E-state index contributed by atoms with van der Waals surface area (Å²) in [6.07, 6.45) is 20.3. The number of alkyl halides is 1. The Balaban J connectivity index is 0.000000210. The minimum atomic E-state index is -1.26. The summed E-state index contributed by atoms with van der Waals surface area (Å²) in [6.45, 7) is 3.60. The number of allylic oxidation sites excluding steroid dienone is 2. The van der Waals surface area contributed by atoms with Crippen LogP contribution in [0.4, 0.5) is 9.59 Å². The predicted molar refractivity (Wildman–Crippen MR) is 385 cm³/mol. The molecule has 12 rings (SSSR count). The van der Waals surface area contributed by atoms with Crippen molar-refractivity contribution in [2.45, 2.75) is 215 Å². The maximum absolute atomic E-state index is 14.5. The molecule has 6 heterocycles. The van der Waals surface area contributed by atoms with Crippen LogP contribution in [0, 0.1) is 25.7 Å². The third-order valence-electron chi connectivity index (χ3n) is 21.5. The number of fused-ring (bicyclic) bond motifs is 6. The van der Waals surface area contributed by atoms with Gasteiger partial charge < -0.3 is 74.5 Å². The number of aromatic nitrogens is 2. The number of alkyl carbamates (subject to hydrolysis) is 2. The second-order valence-electron chi connectivity index (χ2n) is 28.4. The summed E-state index contributed by atoms with van der Waals surface area (Å²) in [5.74, 6) is -2.75. The van der Waals surface area contributed by atoms with Gasteiger partial charge in [0.2, 0.25) is 23.6 Å². The molecule has 29 heteroatoms. The van der Waals surface area contributed by atoms with Gasteiger partial charge in [-0.2, -0.15) is 4.79 Å². The van der Waals surface area contributed by atoms with Crippen LogP contribution < -0.4 is 40.2 Å². The van der Waals surface area contributed by atoms with E-state index in [1.807, 2.05) is 31.2 Å². The number of nitrogens with zero attached hydrogens (tertiary/aromatic N) is 6. The van der Waals surface area contributed by atoms with Gasteiger partial charge in [-0.3, -0.25) is 28.8 Å². The molecule has 10 atom stereocenters. The summed E-state index contributed by atoms with van der Waals surface area (Å²) in [6, 6.07) is 6.07. The highest BCUT2D eigenvalue weighted by atomic mass is 79.9. The third kappa shape index (κ3) is 17.4. The minimum absolute atomic E-state index is 0.0159. The summed E-state index contributed by atoms with van der Waals surface area (Å²) in [5.41, 5.74) is 8.99. The van der Waals surface area contributed by atoms with Crippen LogP contribution in [-0.2, 0) is 47.7 Å². The van der Waals surface area contributed by atoms with Gasteiger partial charge in [0.25, 0.3) is 5.78 Å². The van der Waals surface area contributed by atoms with E-state index in [9.17, 15) is 47.9 Å². The molecule has 4 aromatic rings. The van der Waals surface area contributed by atoms with E-state index in [2.05, 4.69) is 52.0 Å². The van der Waals surface area contributed by atoms with Crippen LogP contribution in [0.2, 0.25) is 0 Å². The van der Waals surface area contributed by atoms with Crippen molar-refractivity contribution in [1.82, 2.24) is 41.0 Å². The molecule has 0 spiro atoms. The number of esters is 2. The number of hydrogen-bond donors (Lipinski definition) is 4. The molecular formula is C76H93BrN10O18. The number of methoxy groups -OCH3 is 4. The first-order chi connectivity index (χ1) is 50.7. The standard InChI is InChI=1S/C38H47BrN4O9.C38H46N6O9/c1-22-31(49-2)16-15-26-32(18-28(30(44)20-39)40-33(22)26)51-25-17-29-34(45)42-38(36(47)50-3)19-23(38)11-7-5-4-6-8-14-27(35(46)43(29)21-25)41-37(48)52-24-12-9-10-13-24;1-22-31(50-2)16-15-26-32(18-28(41-33(22)26)30(45)20-40-39)52-25-17-29-34(46)43-38(36(48)51-3)19-23(38)11-7-5-4-6-8-14-27(35(47)44(29)21-25)42-37(49)53-24-12-9-10-13-24/h7,11,15-16,18,23-25,27,29H,4-6,8-10,12-14,17,19-21H2,1-3H3,(H,41,48)(H,42,45);7,11,15-16,18,20,23-25,27,29H,4-6,8-10,12-14,17,19,21H2,1-3H3,(H,42,49)(H,43,46)/b2*11-7-/t2*23?,25-,27+,29+,38-/m11/s1. The lowest BCUT2D eigenvalue weighted by Crippen LogP contribution is -2.56. The predicted octanol–water partition coefficient (Wildman–Crippen LogP) is 9.07. The van der Waals surface area contributed by atoms with Gasteiger partial charge in [-0.25, -0.2) is 29.1 Å². The number of benzene rings is 2. The number of ether oxygens (including phenoxy) is 8. The van der Waals surface area contributed by atoms with Crippen LogP contribution >= 0.6 is 15.9 Å². The molecule has 4 N–H and O–H groups in total. The lowest BCUT2D eigenvalue weighted by molar-refractivity contribution is -0.148. The van der Waals surface area contributed by atoms with Crippen LogP contribution in [-0.4, -0.2) is 197 Å². The lowest BCUT2D eigenvalue weighted by Gasteiger charge is -2.29. The van der Waals surface area contributed by atoms with E-state index >= 15 is 0 Å². The molecule has 6 fully saturated rings. The summed E-state index contributed by atoms with van der Waals surface area (Å²) in [5, 5.41) is 12.7. The normalized spacial score (nSPS) is 27.1. The number of pyridine rings is 2. The molecule has 562 valence electrons. The van der Waals surface area contributed by atoms with Crippen molar-refractivity contribution in [3.05, 3.63) is 88.7 Å². The molecule has 105 heavy (non-hydrogen) atoms. The molecule has 4 aliphatic carbocycles. The van der Waals surface area contributed by atoms with Gasteiger partial charge in [0, 0.05) is 58.7 Å². The topological polar surface area (TPSA) is 361 Å². The first-order valence-electron chi connectivity index (χ1n) is 36.5. The first-order valence-corrected chi connectivity index (χ1v) is 37.6. The van der Waals surface area contributed by atoms with Gasteiger partial charge in [-0.1, -0.05) is 65.9 Å². The largest absolute Gasteiger partial charge is 0.496 e. The van der Waals surface area contributed by atoms with Crippen molar-refractivity contribution < 1.29 is 90.6 Å². The Morgan fingerprint density at radius 1 is 0.581 bits per heavy atom. The van der Waals surface area contributed by atoms with Crippen molar-refractivity contribution in [2.75, 3.05) is 46.9 Å². The summed E-state index contributed by atoms with van der Waals surface area (Å²) >= 11 is 3.24. The number of hydrogen-bond acceptors (Lipinski definition) is 20. The van der Waals surface area contributed by atoms with E-state index in [1.165, 1.54) is 37.2 Å². The zero-order valence-electron chi connectivity index (χ0n) is 60.2.